The summed E-state index contributed by atoms with van der Waals surface area (Å²) in [5, 5.41) is 0.807. The van der Waals surface area contributed by atoms with Crippen LogP contribution in [0.4, 0.5) is 18.9 Å². The second-order valence-corrected chi connectivity index (χ2v) is 12.5. The normalized spacial score (nSPS) is 31.4. The van der Waals surface area contributed by atoms with E-state index in [1.807, 2.05) is 24.3 Å². The first-order chi connectivity index (χ1) is 18.2. The van der Waals surface area contributed by atoms with E-state index in [1.165, 1.54) is 23.5 Å². The van der Waals surface area contributed by atoms with Crippen molar-refractivity contribution in [3.05, 3.63) is 74.2 Å². The molecule has 0 unspecified atom stereocenters. The lowest BCUT2D eigenvalue weighted by Crippen LogP contribution is -2.42. The lowest BCUT2D eigenvalue weighted by molar-refractivity contribution is -0.137. The van der Waals surface area contributed by atoms with Gasteiger partial charge in [-0.15, -0.1) is 11.8 Å². The van der Waals surface area contributed by atoms with Crippen molar-refractivity contribution in [3.63, 3.8) is 0 Å². The number of amides is 2. The molecule has 4 aliphatic rings. The van der Waals surface area contributed by atoms with Crippen molar-refractivity contribution in [2.45, 2.75) is 28.8 Å². The average Bonchev–Trinajstić information content (AvgIpc) is 3.62. The van der Waals surface area contributed by atoms with E-state index in [0.717, 1.165) is 32.5 Å². The van der Waals surface area contributed by atoms with E-state index in [-0.39, 0.29) is 39.5 Å². The van der Waals surface area contributed by atoms with Gasteiger partial charge in [0.05, 0.1) is 35.2 Å². The van der Waals surface area contributed by atoms with Crippen LogP contribution in [0.2, 0.25) is 0 Å². The summed E-state index contributed by atoms with van der Waals surface area (Å²) < 4.78 is 45.4. The smallest absolute Gasteiger partial charge is 0.416 e. The fourth-order valence-electron chi connectivity index (χ4n) is 7.28. The first-order valence-corrected chi connectivity index (χ1v) is 14.0. The number of H-pyrrole nitrogens is 1. The molecular weight excluding hydrogens is 537 g/mol. The minimum absolute atomic E-state index is 0.00399. The molecule has 3 heterocycles. The fraction of sp³-hybridized carbons (Fsp3) is 0.370. The van der Waals surface area contributed by atoms with Crippen molar-refractivity contribution >= 4 is 40.6 Å². The molecule has 0 spiro atoms. The van der Waals surface area contributed by atoms with Crippen LogP contribution in [0.15, 0.2) is 58.4 Å². The number of alkyl halides is 3. The molecule has 2 amide bonds. The average molecular weight is 559 g/mol. The molecule has 2 aliphatic heterocycles. The quantitative estimate of drug-likeness (QED) is 0.451. The molecule has 1 aromatic heterocycles. The minimum Gasteiger partial charge on any atom is -0.497 e. The number of nitrogens with one attached hydrogen (secondary N) is 1. The van der Waals surface area contributed by atoms with E-state index >= 15 is 0 Å². The van der Waals surface area contributed by atoms with Gasteiger partial charge in [0.25, 0.3) is 0 Å². The van der Waals surface area contributed by atoms with Crippen molar-refractivity contribution in [1.82, 2.24) is 4.98 Å². The molecule has 7 atom stereocenters. The Hall–Kier alpha value is -3.05. The Morgan fingerprint density at radius 2 is 1.71 bits per heavy atom. The van der Waals surface area contributed by atoms with E-state index < -0.39 is 35.4 Å². The Kier molecular flexibility index (Phi) is 5.20. The van der Waals surface area contributed by atoms with Crippen LogP contribution in [0.1, 0.15) is 28.3 Å². The van der Waals surface area contributed by atoms with Gasteiger partial charge in [-0.2, -0.15) is 13.2 Å². The first kappa shape index (κ1) is 24.0. The van der Waals surface area contributed by atoms with Crippen LogP contribution in [0, 0.1) is 29.6 Å². The van der Waals surface area contributed by atoms with Crippen LogP contribution in [-0.4, -0.2) is 29.2 Å². The number of carbonyl (C=O) groups excluding carboxylic acids is 2. The number of hydrogen-bond donors (Lipinski definition) is 1. The number of nitrogens with zero attached hydrogens (tertiary/aromatic N) is 1. The van der Waals surface area contributed by atoms with Crippen molar-refractivity contribution in [2.75, 3.05) is 12.0 Å². The third kappa shape index (κ3) is 3.30. The summed E-state index contributed by atoms with van der Waals surface area (Å²) in [5.41, 5.74) is 0.0791. The zero-order chi connectivity index (χ0) is 26.5. The zero-order valence-electron chi connectivity index (χ0n) is 19.9. The van der Waals surface area contributed by atoms with Gasteiger partial charge in [-0.1, -0.05) is 29.5 Å². The molecule has 2 aromatic carbocycles. The Morgan fingerprint density at radius 1 is 1.00 bits per heavy atom. The summed E-state index contributed by atoms with van der Waals surface area (Å²) in [6.07, 6.45) is -3.88. The third-order valence-electron chi connectivity index (χ3n) is 8.63. The number of fused-ring (bicyclic) bond motifs is 9. The maximum absolute atomic E-state index is 13.7. The molecular formula is C27H21F3N2O4S2. The maximum Gasteiger partial charge on any atom is 0.416 e. The number of halogens is 3. The molecule has 6 nitrogen and oxygen atoms in total. The number of benzene rings is 2. The number of aromatic nitrogens is 1. The number of anilines is 1. The Morgan fingerprint density at radius 3 is 2.39 bits per heavy atom. The second kappa shape index (κ2) is 8.22. The molecule has 2 bridgehead atoms. The van der Waals surface area contributed by atoms with Crippen LogP contribution >= 0.6 is 23.1 Å². The molecule has 3 fully saturated rings. The zero-order valence-corrected chi connectivity index (χ0v) is 21.5. The van der Waals surface area contributed by atoms with Crippen LogP contribution in [0.3, 0.4) is 0 Å². The number of imide groups is 1. The third-order valence-corrected chi connectivity index (χ3v) is 11.2. The highest BCUT2D eigenvalue weighted by Crippen LogP contribution is 2.68. The summed E-state index contributed by atoms with van der Waals surface area (Å²) in [5.74, 6) is -1.63. The standard InChI is InChI=1S/C27H21F3N2O4S2/c1-36-14-7-5-11(6-8-14)17-18-15-10-16(21(18)37-23-22(17)38-26(35)31-23)20-19(15)24(33)32(25(20)34)13-4-2-3-12(9-13)27(28,29)30/h2-9,15-21H,10H2,1H3,(H,31,35)/t15-,16+,17+,18-,19+,20-,21-/m1/s1. The second-order valence-electron chi connectivity index (χ2n) is 10.3. The lowest BCUT2D eigenvalue weighted by atomic mass is 9.68. The van der Waals surface area contributed by atoms with Gasteiger partial charge < -0.3 is 9.72 Å². The first-order valence-electron chi connectivity index (χ1n) is 12.3. The number of thioether (sulfide) groups is 1. The fourth-order valence-corrected chi connectivity index (χ4v) is 10.2. The molecule has 2 saturated carbocycles. The van der Waals surface area contributed by atoms with Crippen LogP contribution < -0.4 is 14.5 Å². The number of carbonyl (C=O) groups is 2. The Labute approximate surface area is 223 Å². The van der Waals surface area contributed by atoms with Crippen LogP contribution in [-0.2, 0) is 15.8 Å². The molecule has 3 aromatic rings. The highest BCUT2D eigenvalue weighted by atomic mass is 32.2. The molecule has 1 N–H and O–H groups in total. The van der Waals surface area contributed by atoms with Gasteiger partial charge in [-0.25, -0.2) is 0 Å². The summed E-state index contributed by atoms with van der Waals surface area (Å²) in [6, 6.07) is 12.1. The molecule has 1 saturated heterocycles. The summed E-state index contributed by atoms with van der Waals surface area (Å²) in [4.78, 5) is 44.5. The number of ether oxygens (including phenoxy) is 1. The number of methoxy groups -OCH3 is 1. The molecule has 2 aliphatic carbocycles. The van der Waals surface area contributed by atoms with Gasteiger partial charge >= 0.3 is 11.0 Å². The topological polar surface area (TPSA) is 79.5 Å². The summed E-state index contributed by atoms with van der Waals surface area (Å²) in [6.45, 7) is 0. The number of aromatic amines is 1. The highest BCUT2D eigenvalue weighted by Gasteiger charge is 2.69. The highest BCUT2D eigenvalue weighted by molar-refractivity contribution is 8.00. The number of thiazole rings is 1. The molecule has 11 heteroatoms. The van der Waals surface area contributed by atoms with E-state index in [2.05, 4.69) is 4.98 Å². The van der Waals surface area contributed by atoms with Crippen molar-refractivity contribution in [3.8, 4) is 5.75 Å². The molecule has 38 heavy (non-hydrogen) atoms. The molecule has 196 valence electrons. The van der Waals surface area contributed by atoms with Crippen molar-refractivity contribution in [1.29, 1.82) is 0 Å². The van der Waals surface area contributed by atoms with Crippen LogP contribution in [0.5, 0.6) is 5.75 Å². The van der Waals surface area contributed by atoms with Crippen LogP contribution in [0.25, 0.3) is 0 Å². The van der Waals surface area contributed by atoms with E-state index in [4.69, 9.17) is 4.74 Å². The van der Waals surface area contributed by atoms with E-state index in [1.54, 1.807) is 18.9 Å². The largest absolute Gasteiger partial charge is 0.497 e. The summed E-state index contributed by atoms with van der Waals surface area (Å²) >= 11 is 2.75. The predicted octanol–water partition coefficient (Wildman–Crippen LogP) is 5.14. The molecule has 0 radical (unpaired) electrons. The Bertz CT molecular complexity index is 1530. The van der Waals surface area contributed by atoms with Gasteiger partial charge in [0.2, 0.25) is 11.8 Å². The number of hydrogen-bond acceptors (Lipinski definition) is 6. The van der Waals surface area contributed by atoms with Gasteiger partial charge in [0.15, 0.2) is 0 Å². The number of rotatable bonds is 3. The Balaban J connectivity index is 1.29. The van der Waals surface area contributed by atoms with E-state index in [9.17, 15) is 27.6 Å². The monoisotopic (exact) mass is 558 g/mol. The van der Waals surface area contributed by atoms with E-state index in [0.29, 0.717) is 12.2 Å². The van der Waals surface area contributed by atoms with Crippen molar-refractivity contribution in [2.24, 2.45) is 29.6 Å². The van der Waals surface area contributed by atoms with Gasteiger partial charge in [0, 0.05) is 16.0 Å². The van der Waals surface area contributed by atoms with Crippen molar-refractivity contribution < 1.29 is 27.5 Å². The summed E-state index contributed by atoms with van der Waals surface area (Å²) in [7, 11) is 1.59. The SMILES string of the molecule is COc1ccc([C@@H]2c3sc(=O)[nH]c3S[C@@H]3[C@H]4C[C@@H]([C@@H]5C(=O)N(c6cccc(C(F)(F)F)c6)C(=O)[C@H]45)[C@H]23)cc1. The maximum atomic E-state index is 13.7. The van der Waals surface area contributed by atoms with Gasteiger partial charge in [-0.05, 0) is 60.1 Å². The lowest BCUT2D eigenvalue weighted by Gasteiger charge is -2.43. The minimum atomic E-state index is -4.58. The van der Waals surface area contributed by atoms with Gasteiger partial charge in [0.1, 0.15) is 5.75 Å². The molecule has 7 rings (SSSR count). The van der Waals surface area contributed by atoms with Gasteiger partial charge in [-0.3, -0.25) is 19.3 Å². The predicted molar refractivity (Wildman–Crippen MR) is 135 cm³/mol.